The molecule has 0 fully saturated rings. The predicted molar refractivity (Wildman–Crippen MR) is 115 cm³/mol. The average Bonchev–Trinajstić information content (AvgIpc) is 2.67. The molecule has 2 aromatic carbocycles. The molecule has 1 aliphatic heterocycles. The number of nitrogens with zero attached hydrogens (tertiary/aromatic N) is 2. The SMILES string of the molecule is Cc1cccc(N2C(N)=C(C#N)C(c3ccc(F)cc3)C3=C2CC(C)(C)CC3=O)c1. The van der Waals surface area contributed by atoms with Crippen molar-refractivity contribution in [2.75, 3.05) is 4.90 Å². The van der Waals surface area contributed by atoms with E-state index >= 15 is 0 Å². The Labute approximate surface area is 176 Å². The van der Waals surface area contributed by atoms with Gasteiger partial charge in [-0.25, -0.2) is 4.39 Å². The topological polar surface area (TPSA) is 70.1 Å². The van der Waals surface area contributed by atoms with E-state index < -0.39 is 5.92 Å². The van der Waals surface area contributed by atoms with Gasteiger partial charge >= 0.3 is 0 Å². The highest BCUT2D eigenvalue weighted by molar-refractivity contribution is 6.01. The van der Waals surface area contributed by atoms with Crippen LogP contribution in [0.5, 0.6) is 0 Å². The first kappa shape index (κ1) is 19.9. The van der Waals surface area contributed by atoms with Crippen LogP contribution in [0, 0.1) is 29.5 Å². The third kappa shape index (κ3) is 3.29. The number of nitriles is 1. The van der Waals surface area contributed by atoms with Crippen molar-refractivity contribution in [1.82, 2.24) is 0 Å². The number of allylic oxidation sites excluding steroid dienone is 3. The number of hydrogen-bond donors (Lipinski definition) is 1. The van der Waals surface area contributed by atoms with Gasteiger partial charge in [-0.05, 0) is 54.2 Å². The minimum Gasteiger partial charge on any atom is -0.384 e. The van der Waals surface area contributed by atoms with Crippen LogP contribution in [0.15, 0.2) is 71.2 Å². The second-order valence-electron chi connectivity index (χ2n) is 8.87. The molecule has 5 heteroatoms. The van der Waals surface area contributed by atoms with Crippen LogP contribution < -0.4 is 10.6 Å². The van der Waals surface area contributed by atoms with Crippen molar-refractivity contribution in [3.8, 4) is 6.07 Å². The molecule has 0 saturated heterocycles. The van der Waals surface area contributed by atoms with Gasteiger partial charge in [-0.15, -0.1) is 0 Å². The Hall–Kier alpha value is -3.39. The van der Waals surface area contributed by atoms with Gasteiger partial charge in [0.05, 0.1) is 17.6 Å². The predicted octanol–water partition coefficient (Wildman–Crippen LogP) is 5.08. The summed E-state index contributed by atoms with van der Waals surface area (Å²) in [5.41, 5.74) is 10.7. The van der Waals surface area contributed by atoms with Crippen LogP contribution >= 0.6 is 0 Å². The lowest BCUT2D eigenvalue weighted by Crippen LogP contribution is -2.42. The van der Waals surface area contributed by atoms with Crippen LogP contribution in [0.25, 0.3) is 0 Å². The average molecular weight is 401 g/mol. The minimum absolute atomic E-state index is 0.00785. The molecule has 0 radical (unpaired) electrons. The third-order valence-electron chi connectivity index (χ3n) is 5.84. The molecule has 152 valence electrons. The van der Waals surface area contributed by atoms with Crippen molar-refractivity contribution in [3.63, 3.8) is 0 Å². The molecule has 30 heavy (non-hydrogen) atoms. The molecule has 2 aliphatic rings. The van der Waals surface area contributed by atoms with Crippen molar-refractivity contribution >= 4 is 11.5 Å². The number of rotatable bonds is 2. The summed E-state index contributed by atoms with van der Waals surface area (Å²) in [6.45, 7) is 6.12. The lowest BCUT2D eigenvalue weighted by molar-refractivity contribution is -0.118. The van der Waals surface area contributed by atoms with E-state index in [0.717, 1.165) is 16.9 Å². The standard InChI is InChI=1S/C25H24FN3O/c1-15-5-4-6-18(11-15)29-20-12-25(2,3)13-21(30)23(20)22(19(14-27)24(29)28)16-7-9-17(26)10-8-16/h4-11,22H,12-13,28H2,1-3H3. The van der Waals surface area contributed by atoms with Gasteiger partial charge in [-0.1, -0.05) is 38.1 Å². The van der Waals surface area contributed by atoms with Gasteiger partial charge in [0.25, 0.3) is 0 Å². The molecule has 1 heterocycles. The Morgan fingerprint density at radius 3 is 2.50 bits per heavy atom. The summed E-state index contributed by atoms with van der Waals surface area (Å²) < 4.78 is 13.6. The number of aryl methyl sites for hydroxylation is 1. The number of ketones is 1. The van der Waals surface area contributed by atoms with Crippen LogP contribution in [0.3, 0.4) is 0 Å². The number of benzene rings is 2. The van der Waals surface area contributed by atoms with Crippen molar-refractivity contribution in [2.45, 2.75) is 39.5 Å². The second kappa shape index (κ2) is 7.14. The quantitative estimate of drug-likeness (QED) is 0.762. The summed E-state index contributed by atoms with van der Waals surface area (Å²) in [5.74, 6) is -0.623. The van der Waals surface area contributed by atoms with Crippen molar-refractivity contribution in [3.05, 3.63) is 88.1 Å². The smallest absolute Gasteiger partial charge is 0.162 e. The largest absolute Gasteiger partial charge is 0.384 e. The fourth-order valence-corrected chi connectivity index (χ4v) is 4.56. The molecule has 0 bridgehead atoms. The molecule has 1 unspecified atom stereocenters. The van der Waals surface area contributed by atoms with E-state index in [9.17, 15) is 14.4 Å². The number of nitrogens with two attached hydrogens (primary N) is 1. The Kier molecular flexibility index (Phi) is 4.74. The van der Waals surface area contributed by atoms with E-state index in [-0.39, 0.29) is 17.0 Å². The highest BCUT2D eigenvalue weighted by Gasteiger charge is 2.44. The zero-order valence-corrected chi connectivity index (χ0v) is 17.4. The molecule has 0 amide bonds. The molecule has 4 nitrogen and oxygen atoms in total. The van der Waals surface area contributed by atoms with Crippen LogP contribution in [0.2, 0.25) is 0 Å². The molecular formula is C25H24FN3O. The number of hydrogen-bond acceptors (Lipinski definition) is 4. The number of halogens is 1. The van der Waals surface area contributed by atoms with Gasteiger partial charge < -0.3 is 5.73 Å². The summed E-state index contributed by atoms with van der Waals surface area (Å²) in [6.07, 6.45) is 1.04. The first-order valence-electron chi connectivity index (χ1n) is 10.00. The summed E-state index contributed by atoms with van der Waals surface area (Å²) in [7, 11) is 0. The van der Waals surface area contributed by atoms with Crippen molar-refractivity contribution < 1.29 is 9.18 Å². The maximum Gasteiger partial charge on any atom is 0.162 e. The van der Waals surface area contributed by atoms with E-state index in [1.807, 2.05) is 36.1 Å². The van der Waals surface area contributed by atoms with E-state index in [1.165, 1.54) is 12.1 Å². The fourth-order valence-electron chi connectivity index (χ4n) is 4.56. The highest BCUT2D eigenvalue weighted by atomic mass is 19.1. The number of carbonyl (C=O) groups excluding carboxylic acids is 1. The van der Waals surface area contributed by atoms with Crippen molar-refractivity contribution in [2.24, 2.45) is 11.1 Å². The molecule has 0 saturated carbocycles. The lowest BCUT2D eigenvalue weighted by atomic mass is 9.68. The molecule has 1 aliphatic carbocycles. The fraction of sp³-hybridized carbons (Fsp3) is 0.280. The first-order valence-corrected chi connectivity index (χ1v) is 10.00. The van der Waals surface area contributed by atoms with Gasteiger partial charge in [0.1, 0.15) is 11.6 Å². The zero-order chi connectivity index (χ0) is 21.6. The monoisotopic (exact) mass is 401 g/mol. The Morgan fingerprint density at radius 2 is 1.87 bits per heavy atom. The lowest BCUT2D eigenvalue weighted by Gasteiger charge is -2.43. The molecule has 0 spiro atoms. The van der Waals surface area contributed by atoms with Crippen LogP contribution in [0.1, 0.15) is 43.7 Å². The van der Waals surface area contributed by atoms with Crippen LogP contribution in [-0.4, -0.2) is 5.78 Å². The maximum atomic E-state index is 13.6. The van der Waals surface area contributed by atoms with Gasteiger partial charge in [-0.3, -0.25) is 9.69 Å². The van der Waals surface area contributed by atoms with Crippen LogP contribution in [-0.2, 0) is 4.79 Å². The van der Waals surface area contributed by atoms with Crippen LogP contribution in [0.4, 0.5) is 10.1 Å². The molecule has 2 N–H and O–H groups in total. The Balaban J connectivity index is 2.00. The normalized spacial score (nSPS) is 20.8. The van der Waals surface area contributed by atoms with Gasteiger partial charge in [0, 0.05) is 23.4 Å². The Morgan fingerprint density at radius 1 is 1.17 bits per heavy atom. The maximum absolute atomic E-state index is 13.6. The van der Waals surface area contributed by atoms with Gasteiger partial charge in [-0.2, -0.15) is 5.26 Å². The number of carbonyl (C=O) groups is 1. The number of anilines is 1. The molecule has 1 atom stereocenters. The van der Waals surface area contributed by atoms with E-state index in [0.29, 0.717) is 35.4 Å². The van der Waals surface area contributed by atoms with E-state index in [2.05, 4.69) is 19.9 Å². The summed E-state index contributed by atoms with van der Waals surface area (Å²) in [5, 5.41) is 10.0. The summed E-state index contributed by atoms with van der Waals surface area (Å²) in [6, 6.07) is 16.1. The molecule has 0 aromatic heterocycles. The zero-order valence-electron chi connectivity index (χ0n) is 17.4. The minimum atomic E-state index is -0.588. The van der Waals surface area contributed by atoms with Crippen molar-refractivity contribution in [1.29, 1.82) is 5.26 Å². The Bertz CT molecular complexity index is 1140. The van der Waals surface area contributed by atoms with E-state index in [4.69, 9.17) is 5.73 Å². The van der Waals surface area contributed by atoms with Gasteiger partial charge in [0.15, 0.2) is 5.78 Å². The molecule has 2 aromatic rings. The highest BCUT2D eigenvalue weighted by Crippen LogP contribution is 2.50. The number of Topliss-reactive ketones (excluding diaryl/α,β-unsaturated/α-hetero) is 1. The van der Waals surface area contributed by atoms with Gasteiger partial charge in [0.2, 0.25) is 0 Å². The second-order valence-corrected chi connectivity index (χ2v) is 8.87. The first-order chi connectivity index (χ1) is 14.2. The summed E-state index contributed by atoms with van der Waals surface area (Å²) in [4.78, 5) is 15.2. The summed E-state index contributed by atoms with van der Waals surface area (Å²) >= 11 is 0. The molecule has 4 rings (SSSR count). The third-order valence-corrected chi connectivity index (χ3v) is 5.84. The molecular weight excluding hydrogens is 377 g/mol. The van der Waals surface area contributed by atoms with E-state index in [1.54, 1.807) is 12.1 Å².